The minimum atomic E-state index is -0.238. The van der Waals surface area contributed by atoms with E-state index >= 15 is 0 Å². The smallest absolute Gasteiger partial charge is 0.253 e. The van der Waals surface area contributed by atoms with Gasteiger partial charge in [-0.05, 0) is 25.0 Å². The van der Waals surface area contributed by atoms with Crippen molar-refractivity contribution in [2.45, 2.75) is 19.3 Å². The topological polar surface area (TPSA) is 84.2 Å². The Balaban J connectivity index is 0. The van der Waals surface area contributed by atoms with Gasteiger partial charge >= 0.3 is 0 Å². The number of halogens is 2. The average molecular weight is 348 g/mol. The average Bonchev–Trinajstić information content (AvgIpc) is 2.45. The molecule has 124 valence electrons. The van der Waals surface area contributed by atoms with Gasteiger partial charge in [-0.1, -0.05) is 18.2 Å². The Morgan fingerprint density at radius 3 is 2.55 bits per heavy atom. The summed E-state index contributed by atoms with van der Waals surface area (Å²) in [6.07, 6.45) is 3.73. The first-order valence-electron chi connectivity index (χ1n) is 6.67. The Bertz CT molecular complexity index is 482. The fourth-order valence-corrected chi connectivity index (χ4v) is 1.69. The van der Waals surface area contributed by atoms with Crippen LogP contribution in [-0.4, -0.2) is 24.9 Å². The zero-order valence-electron chi connectivity index (χ0n) is 12.3. The molecule has 0 heterocycles. The molecule has 0 saturated carbocycles. The largest absolute Gasteiger partial charge is 0.351 e. The first-order valence-corrected chi connectivity index (χ1v) is 6.67. The monoisotopic (exact) mass is 347 g/mol. The van der Waals surface area contributed by atoms with Crippen LogP contribution in [0.5, 0.6) is 0 Å². The minimum Gasteiger partial charge on any atom is -0.351 e. The number of carbonyl (C=O) groups is 2. The number of nitrogens with one attached hydrogen (secondary N) is 2. The molecule has 0 atom stereocenters. The Morgan fingerprint density at radius 1 is 1.23 bits per heavy atom. The maximum absolute atomic E-state index is 11.9. The first kappa shape index (κ1) is 22.7. The van der Waals surface area contributed by atoms with Crippen LogP contribution in [0.25, 0.3) is 0 Å². The molecular formula is C15H23Cl2N3O2. The molecule has 0 aromatic heterocycles. The van der Waals surface area contributed by atoms with Crippen LogP contribution in [0.4, 0.5) is 5.69 Å². The SMILES string of the molecule is C=CCCCC(=O)Nc1ccccc1C(=O)NCCN.Cl.Cl. The maximum atomic E-state index is 11.9. The van der Waals surface area contributed by atoms with E-state index in [2.05, 4.69) is 17.2 Å². The Kier molecular flexibility index (Phi) is 13.6. The lowest BCUT2D eigenvalue weighted by molar-refractivity contribution is -0.116. The van der Waals surface area contributed by atoms with E-state index in [-0.39, 0.29) is 36.6 Å². The number of benzene rings is 1. The zero-order chi connectivity index (χ0) is 14.8. The van der Waals surface area contributed by atoms with Crippen molar-refractivity contribution >= 4 is 42.3 Å². The molecule has 0 radical (unpaired) electrons. The minimum absolute atomic E-state index is 0. The number of anilines is 1. The van der Waals surface area contributed by atoms with E-state index in [4.69, 9.17) is 5.73 Å². The molecule has 0 unspecified atom stereocenters. The second-order valence-electron chi connectivity index (χ2n) is 4.32. The van der Waals surface area contributed by atoms with Crippen LogP contribution in [0, 0.1) is 0 Å². The lowest BCUT2D eigenvalue weighted by atomic mass is 10.1. The van der Waals surface area contributed by atoms with Gasteiger partial charge in [0.1, 0.15) is 0 Å². The van der Waals surface area contributed by atoms with Gasteiger partial charge in [0, 0.05) is 19.5 Å². The fourth-order valence-electron chi connectivity index (χ4n) is 1.69. The van der Waals surface area contributed by atoms with Gasteiger partial charge in [-0.25, -0.2) is 0 Å². The molecule has 0 fully saturated rings. The highest BCUT2D eigenvalue weighted by Crippen LogP contribution is 2.15. The van der Waals surface area contributed by atoms with Gasteiger partial charge in [0.05, 0.1) is 11.3 Å². The third kappa shape index (κ3) is 8.02. The van der Waals surface area contributed by atoms with E-state index in [0.717, 1.165) is 12.8 Å². The van der Waals surface area contributed by atoms with Crippen LogP contribution < -0.4 is 16.4 Å². The number of hydrogen-bond donors (Lipinski definition) is 3. The number of para-hydroxylation sites is 1. The van der Waals surface area contributed by atoms with Gasteiger partial charge in [0.25, 0.3) is 5.91 Å². The number of allylic oxidation sites excluding steroid dienone is 1. The Labute approximate surface area is 143 Å². The lowest BCUT2D eigenvalue weighted by Gasteiger charge is -2.11. The van der Waals surface area contributed by atoms with Crippen LogP contribution >= 0.6 is 24.8 Å². The molecule has 0 bridgehead atoms. The van der Waals surface area contributed by atoms with Crippen molar-refractivity contribution in [3.05, 3.63) is 42.5 Å². The zero-order valence-corrected chi connectivity index (χ0v) is 14.0. The Morgan fingerprint density at radius 2 is 1.91 bits per heavy atom. The van der Waals surface area contributed by atoms with Gasteiger partial charge in [-0.3, -0.25) is 9.59 Å². The van der Waals surface area contributed by atoms with E-state index in [1.54, 1.807) is 30.3 Å². The fraction of sp³-hybridized carbons (Fsp3) is 0.333. The maximum Gasteiger partial charge on any atom is 0.253 e. The molecule has 4 N–H and O–H groups in total. The van der Waals surface area contributed by atoms with Gasteiger partial charge in [-0.2, -0.15) is 0 Å². The molecule has 0 spiro atoms. The highest BCUT2D eigenvalue weighted by atomic mass is 35.5. The third-order valence-corrected chi connectivity index (χ3v) is 2.69. The summed E-state index contributed by atoms with van der Waals surface area (Å²) in [5, 5.41) is 5.45. The van der Waals surface area contributed by atoms with Crippen LogP contribution in [-0.2, 0) is 4.79 Å². The van der Waals surface area contributed by atoms with Crippen molar-refractivity contribution in [1.29, 1.82) is 0 Å². The van der Waals surface area contributed by atoms with Gasteiger partial charge in [0.2, 0.25) is 5.91 Å². The Hall–Kier alpha value is -1.56. The van der Waals surface area contributed by atoms with Crippen molar-refractivity contribution in [2.24, 2.45) is 5.73 Å². The molecule has 1 aromatic carbocycles. The summed E-state index contributed by atoms with van der Waals surface area (Å²) in [6.45, 7) is 4.39. The second kappa shape index (κ2) is 13.1. The van der Waals surface area contributed by atoms with E-state index in [1.807, 2.05) is 0 Å². The van der Waals surface area contributed by atoms with Gasteiger partial charge in [-0.15, -0.1) is 31.4 Å². The first-order chi connectivity index (χ1) is 9.69. The molecule has 1 aromatic rings. The number of carbonyl (C=O) groups excluding carboxylic acids is 2. The highest BCUT2D eigenvalue weighted by molar-refractivity contribution is 6.03. The predicted octanol–water partition coefficient (Wildman–Crippen LogP) is 2.51. The van der Waals surface area contributed by atoms with Crippen molar-refractivity contribution < 1.29 is 9.59 Å². The van der Waals surface area contributed by atoms with E-state index < -0.39 is 0 Å². The molecule has 5 nitrogen and oxygen atoms in total. The molecule has 7 heteroatoms. The molecule has 2 amide bonds. The summed E-state index contributed by atoms with van der Waals surface area (Å²) in [5.41, 5.74) is 6.31. The van der Waals surface area contributed by atoms with E-state index in [0.29, 0.717) is 30.8 Å². The molecule has 0 aliphatic rings. The standard InChI is InChI=1S/C15H21N3O2.2ClH/c1-2-3-4-9-14(19)18-13-8-6-5-7-12(13)15(20)17-11-10-16;;/h2,5-8H,1,3-4,9-11,16H2,(H,17,20)(H,18,19);2*1H. The second-order valence-corrected chi connectivity index (χ2v) is 4.32. The summed E-state index contributed by atoms with van der Waals surface area (Å²) in [6, 6.07) is 6.91. The molecule has 0 aliphatic heterocycles. The number of amides is 2. The van der Waals surface area contributed by atoms with E-state index in [9.17, 15) is 9.59 Å². The molecule has 1 rings (SSSR count). The third-order valence-electron chi connectivity index (χ3n) is 2.69. The normalized spacial score (nSPS) is 8.95. The molecular weight excluding hydrogens is 325 g/mol. The summed E-state index contributed by atoms with van der Waals surface area (Å²) < 4.78 is 0. The van der Waals surface area contributed by atoms with Crippen LogP contribution in [0.15, 0.2) is 36.9 Å². The lowest BCUT2D eigenvalue weighted by Crippen LogP contribution is -2.29. The van der Waals surface area contributed by atoms with Crippen molar-refractivity contribution in [3.8, 4) is 0 Å². The van der Waals surface area contributed by atoms with Crippen LogP contribution in [0.1, 0.15) is 29.6 Å². The summed E-state index contributed by atoms with van der Waals surface area (Å²) in [5.74, 6) is -0.344. The van der Waals surface area contributed by atoms with Crippen molar-refractivity contribution in [2.75, 3.05) is 18.4 Å². The summed E-state index contributed by atoms with van der Waals surface area (Å²) in [4.78, 5) is 23.7. The predicted molar refractivity (Wildman–Crippen MR) is 95.0 cm³/mol. The number of rotatable bonds is 8. The summed E-state index contributed by atoms with van der Waals surface area (Å²) >= 11 is 0. The van der Waals surface area contributed by atoms with Crippen molar-refractivity contribution in [1.82, 2.24) is 5.32 Å². The highest BCUT2D eigenvalue weighted by Gasteiger charge is 2.12. The number of nitrogens with two attached hydrogens (primary N) is 1. The van der Waals surface area contributed by atoms with Crippen molar-refractivity contribution in [3.63, 3.8) is 0 Å². The van der Waals surface area contributed by atoms with Crippen LogP contribution in [0.3, 0.4) is 0 Å². The van der Waals surface area contributed by atoms with Gasteiger partial charge in [0.15, 0.2) is 0 Å². The molecule has 0 saturated heterocycles. The quantitative estimate of drug-likeness (QED) is 0.499. The van der Waals surface area contributed by atoms with E-state index in [1.165, 1.54) is 0 Å². The van der Waals surface area contributed by atoms with Crippen LogP contribution in [0.2, 0.25) is 0 Å². The number of hydrogen-bond acceptors (Lipinski definition) is 3. The summed E-state index contributed by atoms with van der Waals surface area (Å²) in [7, 11) is 0. The molecule has 0 aliphatic carbocycles. The molecule has 22 heavy (non-hydrogen) atoms. The number of unbranched alkanes of at least 4 members (excludes halogenated alkanes) is 1. The van der Waals surface area contributed by atoms with Gasteiger partial charge < -0.3 is 16.4 Å².